The first kappa shape index (κ1) is 17.2. The summed E-state index contributed by atoms with van der Waals surface area (Å²) in [6.45, 7) is 13.6. The number of rotatable bonds is 5. The van der Waals surface area contributed by atoms with Crippen molar-refractivity contribution in [3.8, 4) is 0 Å². The van der Waals surface area contributed by atoms with Crippen molar-refractivity contribution in [2.75, 3.05) is 6.61 Å². The topological polar surface area (TPSA) is 18.5 Å². The van der Waals surface area contributed by atoms with Gasteiger partial charge >= 0.3 is 0 Å². The highest BCUT2D eigenvalue weighted by atomic mass is 16.7. The molecule has 0 aromatic carbocycles. The van der Waals surface area contributed by atoms with Gasteiger partial charge in [-0.05, 0) is 58.6 Å². The summed E-state index contributed by atoms with van der Waals surface area (Å²) in [7, 11) is 0. The van der Waals surface area contributed by atoms with Gasteiger partial charge in [0.25, 0.3) is 0 Å². The molecule has 0 unspecified atom stereocenters. The van der Waals surface area contributed by atoms with E-state index in [1.807, 2.05) is 0 Å². The average molecular weight is 278 g/mol. The van der Waals surface area contributed by atoms with Gasteiger partial charge in [0, 0.05) is 5.41 Å². The minimum atomic E-state index is -0.163. The molecule has 1 heterocycles. The Hall–Kier alpha value is -0.820. The van der Waals surface area contributed by atoms with Crippen LogP contribution in [0.2, 0.25) is 0 Å². The molecule has 2 atom stereocenters. The summed E-state index contributed by atoms with van der Waals surface area (Å²) in [5, 5.41) is 0. The first-order chi connectivity index (χ1) is 9.31. The van der Waals surface area contributed by atoms with Crippen LogP contribution >= 0.6 is 0 Å². The number of ether oxygens (including phenoxy) is 2. The molecule has 0 aliphatic carbocycles. The van der Waals surface area contributed by atoms with Crippen LogP contribution in [-0.2, 0) is 9.47 Å². The van der Waals surface area contributed by atoms with Crippen molar-refractivity contribution in [3.63, 3.8) is 0 Å². The van der Waals surface area contributed by atoms with E-state index < -0.39 is 0 Å². The summed E-state index contributed by atoms with van der Waals surface area (Å²) in [4.78, 5) is 0. The zero-order valence-electron chi connectivity index (χ0n) is 14.0. The Labute approximate surface area is 124 Å². The Kier molecular flexibility index (Phi) is 6.75. The van der Waals surface area contributed by atoms with E-state index in [1.54, 1.807) is 0 Å². The van der Waals surface area contributed by atoms with E-state index in [4.69, 9.17) is 9.47 Å². The number of hydrogen-bond donors (Lipinski definition) is 0. The van der Waals surface area contributed by atoms with Gasteiger partial charge in [-0.3, -0.25) is 0 Å². The van der Waals surface area contributed by atoms with E-state index in [0.717, 1.165) is 25.9 Å². The molecular weight excluding hydrogens is 248 g/mol. The molecule has 2 nitrogen and oxygen atoms in total. The fraction of sp³-hybridized carbons (Fsp3) is 0.722. The van der Waals surface area contributed by atoms with E-state index >= 15 is 0 Å². The van der Waals surface area contributed by atoms with Crippen LogP contribution in [-0.4, -0.2) is 19.0 Å². The van der Waals surface area contributed by atoms with Crippen LogP contribution in [0.1, 0.15) is 60.8 Å². The van der Waals surface area contributed by atoms with Crippen LogP contribution in [0.5, 0.6) is 0 Å². The minimum absolute atomic E-state index is 0.146. The molecule has 0 bridgehead atoms. The summed E-state index contributed by atoms with van der Waals surface area (Å²) >= 11 is 0. The maximum atomic E-state index is 5.88. The second-order valence-corrected chi connectivity index (χ2v) is 6.65. The molecule has 114 valence electrons. The second-order valence-electron chi connectivity index (χ2n) is 6.65. The van der Waals surface area contributed by atoms with Crippen LogP contribution in [0.4, 0.5) is 0 Å². The predicted molar refractivity (Wildman–Crippen MR) is 84.6 cm³/mol. The fourth-order valence-electron chi connectivity index (χ4n) is 2.08. The Bertz CT molecular complexity index is 394. The minimum Gasteiger partial charge on any atom is -0.352 e. The molecule has 1 saturated heterocycles. The van der Waals surface area contributed by atoms with Crippen molar-refractivity contribution < 1.29 is 9.47 Å². The lowest BCUT2D eigenvalue weighted by Crippen LogP contribution is -2.40. The summed E-state index contributed by atoms with van der Waals surface area (Å²) < 4.78 is 11.6. The monoisotopic (exact) mass is 278 g/mol. The van der Waals surface area contributed by atoms with Gasteiger partial charge < -0.3 is 9.47 Å². The molecular formula is C18H30O2. The van der Waals surface area contributed by atoms with Crippen molar-refractivity contribution in [2.24, 2.45) is 5.41 Å². The van der Waals surface area contributed by atoms with Crippen LogP contribution in [0.15, 0.2) is 29.0 Å². The Morgan fingerprint density at radius 3 is 2.60 bits per heavy atom. The fourth-order valence-corrected chi connectivity index (χ4v) is 2.08. The van der Waals surface area contributed by atoms with Gasteiger partial charge in [0.2, 0.25) is 0 Å². The lowest BCUT2D eigenvalue weighted by Gasteiger charge is -2.36. The van der Waals surface area contributed by atoms with Crippen LogP contribution in [0.25, 0.3) is 0 Å². The molecule has 0 spiro atoms. The van der Waals surface area contributed by atoms with Gasteiger partial charge in [-0.25, -0.2) is 0 Å². The molecule has 20 heavy (non-hydrogen) atoms. The van der Waals surface area contributed by atoms with Crippen molar-refractivity contribution in [2.45, 2.75) is 73.2 Å². The second kappa shape index (κ2) is 7.83. The van der Waals surface area contributed by atoms with Crippen molar-refractivity contribution in [1.82, 2.24) is 0 Å². The molecule has 0 radical (unpaired) electrons. The third-order valence-corrected chi connectivity index (χ3v) is 3.52. The maximum absolute atomic E-state index is 5.88. The van der Waals surface area contributed by atoms with Crippen LogP contribution in [0.3, 0.4) is 0 Å². The molecule has 0 saturated carbocycles. The zero-order chi connectivity index (χ0) is 15.2. The van der Waals surface area contributed by atoms with Gasteiger partial charge in [-0.15, -0.1) is 5.73 Å². The van der Waals surface area contributed by atoms with E-state index in [-0.39, 0.29) is 17.8 Å². The first-order valence-corrected chi connectivity index (χ1v) is 7.65. The molecule has 1 fully saturated rings. The third kappa shape index (κ3) is 6.09. The van der Waals surface area contributed by atoms with E-state index in [0.29, 0.717) is 0 Å². The van der Waals surface area contributed by atoms with Gasteiger partial charge in [-0.1, -0.05) is 25.5 Å². The quantitative estimate of drug-likeness (QED) is 0.520. The van der Waals surface area contributed by atoms with Crippen molar-refractivity contribution in [1.29, 1.82) is 0 Å². The summed E-state index contributed by atoms with van der Waals surface area (Å²) in [6.07, 6.45) is 7.62. The number of allylic oxidation sites excluding steroid dienone is 2. The van der Waals surface area contributed by atoms with Gasteiger partial charge in [0.05, 0.1) is 12.7 Å². The predicted octanol–water partition coefficient (Wildman–Crippen LogP) is 5.01. The highest BCUT2D eigenvalue weighted by molar-refractivity contribution is 5.06. The lowest BCUT2D eigenvalue weighted by molar-refractivity contribution is -0.242. The lowest BCUT2D eigenvalue weighted by atomic mass is 9.91. The molecule has 0 N–H and O–H groups in total. The highest BCUT2D eigenvalue weighted by Gasteiger charge is 2.33. The average Bonchev–Trinajstić information content (AvgIpc) is 2.36. The third-order valence-electron chi connectivity index (χ3n) is 3.52. The summed E-state index contributed by atoms with van der Waals surface area (Å²) in [5.41, 5.74) is 5.92. The van der Waals surface area contributed by atoms with Gasteiger partial charge in [-0.2, -0.15) is 0 Å². The molecule has 2 heteroatoms. The smallest absolute Gasteiger partial charge is 0.166 e. The highest BCUT2D eigenvalue weighted by Crippen LogP contribution is 2.30. The van der Waals surface area contributed by atoms with Crippen molar-refractivity contribution >= 4 is 0 Å². The molecule has 0 aromatic rings. The van der Waals surface area contributed by atoms with E-state index in [1.165, 1.54) is 11.1 Å². The Morgan fingerprint density at radius 1 is 1.30 bits per heavy atom. The van der Waals surface area contributed by atoms with E-state index in [2.05, 4.69) is 59.4 Å². The molecule has 0 aromatic heterocycles. The Morgan fingerprint density at radius 2 is 2.00 bits per heavy atom. The standard InChI is InChI=1S/C18H30O2/c1-14(2)8-7-9-15(3)10-12-18(5,6)17-19-13-11-16(4)20-17/h8,12,16-17H,7,9,11,13H2,1-6H3/t10?,16-,17-/m0/s1. The molecule has 1 aliphatic rings. The largest absolute Gasteiger partial charge is 0.352 e. The zero-order valence-corrected chi connectivity index (χ0v) is 14.0. The normalized spacial score (nSPS) is 22.9. The van der Waals surface area contributed by atoms with Gasteiger partial charge in [0.1, 0.15) is 0 Å². The Balaban J connectivity index is 2.62. The maximum Gasteiger partial charge on any atom is 0.166 e. The van der Waals surface area contributed by atoms with Crippen LogP contribution < -0.4 is 0 Å². The number of hydrogen-bond acceptors (Lipinski definition) is 2. The first-order valence-electron chi connectivity index (χ1n) is 7.65. The molecule has 1 aliphatic heterocycles. The SMILES string of the molecule is CC(=C=CC(C)(C)[C@H]1OCC[C@H](C)O1)CCC=C(C)C. The van der Waals surface area contributed by atoms with Gasteiger partial charge in [0.15, 0.2) is 6.29 Å². The summed E-state index contributed by atoms with van der Waals surface area (Å²) in [5.74, 6) is 0. The van der Waals surface area contributed by atoms with Crippen molar-refractivity contribution in [3.05, 3.63) is 29.0 Å². The van der Waals surface area contributed by atoms with Crippen LogP contribution in [0, 0.1) is 5.41 Å². The molecule has 0 amide bonds. The molecule has 1 rings (SSSR count). The van der Waals surface area contributed by atoms with E-state index in [9.17, 15) is 0 Å². The summed E-state index contributed by atoms with van der Waals surface area (Å²) in [6, 6.07) is 0.